The minimum Gasteiger partial charge on any atom is -0.489 e. The van der Waals surface area contributed by atoms with E-state index in [1.807, 2.05) is 24.3 Å². The summed E-state index contributed by atoms with van der Waals surface area (Å²) in [4.78, 5) is 31.7. The van der Waals surface area contributed by atoms with Gasteiger partial charge in [0, 0.05) is 59.5 Å². The zero-order chi connectivity index (χ0) is 30.4. The van der Waals surface area contributed by atoms with Crippen LogP contribution in [-0.2, 0) is 30.8 Å². The molecule has 0 radical (unpaired) electrons. The molecule has 11 heteroatoms. The molecule has 230 valence electrons. The summed E-state index contributed by atoms with van der Waals surface area (Å²) in [6.07, 6.45) is 3.61. The molecule has 3 aliphatic heterocycles. The van der Waals surface area contributed by atoms with Gasteiger partial charge >= 0.3 is 11.3 Å². The Labute approximate surface area is 253 Å². The summed E-state index contributed by atoms with van der Waals surface area (Å²) in [7, 11) is 0. The van der Waals surface area contributed by atoms with Crippen LogP contribution in [0.2, 0.25) is 0 Å². The topological polar surface area (TPSA) is 136 Å². The minimum absolute atomic E-state index is 0.191. The largest absolute Gasteiger partial charge is 0.489 e. The van der Waals surface area contributed by atoms with Gasteiger partial charge in [-0.15, -0.1) is 0 Å². The number of hydrogen-bond acceptors (Lipinski definition) is 10. The van der Waals surface area contributed by atoms with Gasteiger partial charge in [-0.3, -0.25) is 4.57 Å². The van der Waals surface area contributed by atoms with Crippen molar-refractivity contribution in [1.82, 2.24) is 9.55 Å². The van der Waals surface area contributed by atoms with Crippen molar-refractivity contribution in [3.8, 4) is 11.6 Å². The van der Waals surface area contributed by atoms with Crippen LogP contribution in [0, 0.1) is 6.92 Å². The normalized spacial score (nSPS) is 21.0. The molecule has 1 saturated heterocycles. The summed E-state index contributed by atoms with van der Waals surface area (Å²) >= 11 is 0. The van der Waals surface area contributed by atoms with Crippen molar-refractivity contribution in [2.45, 2.75) is 70.7 Å². The van der Waals surface area contributed by atoms with Gasteiger partial charge in [0.2, 0.25) is 5.88 Å². The van der Waals surface area contributed by atoms with Gasteiger partial charge in [-0.2, -0.15) is 4.98 Å². The number of nitrogens with zero attached hydrogens (tertiary/aromatic N) is 3. The predicted octanol–water partition coefficient (Wildman–Crippen LogP) is 3.16. The maximum atomic E-state index is 12.7. The Balaban J connectivity index is 1.02. The molecule has 2 aromatic heterocycles. The highest BCUT2D eigenvalue weighted by Gasteiger charge is 2.35. The maximum Gasteiger partial charge on any atom is 0.352 e. The second kappa shape index (κ2) is 11.7. The fourth-order valence-electron chi connectivity index (χ4n) is 6.60. The lowest BCUT2D eigenvalue weighted by Gasteiger charge is -2.37. The molecule has 44 heavy (non-hydrogen) atoms. The first-order chi connectivity index (χ1) is 21.4. The lowest BCUT2D eigenvalue weighted by molar-refractivity contribution is -0.0460. The van der Waals surface area contributed by atoms with Crippen LogP contribution in [0.4, 0.5) is 5.69 Å². The number of rotatable bonds is 8. The Morgan fingerprint density at radius 1 is 1.05 bits per heavy atom. The molecule has 1 fully saturated rings. The van der Waals surface area contributed by atoms with E-state index in [9.17, 15) is 19.8 Å². The Kier molecular flexibility index (Phi) is 7.61. The van der Waals surface area contributed by atoms with Gasteiger partial charge < -0.3 is 33.7 Å². The lowest BCUT2D eigenvalue weighted by atomic mass is 9.89. The third-order valence-corrected chi connectivity index (χ3v) is 8.79. The molecule has 0 unspecified atom stereocenters. The molecule has 0 aliphatic carbocycles. The molecular weight excluding hydrogens is 566 g/mol. The first-order valence-corrected chi connectivity index (χ1v) is 15.1. The van der Waals surface area contributed by atoms with Crippen LogP contribution in [0.5, 0.6) is 11.6 Å². The highest BCUT2D eigenvalue weighted by molar-refractivity contribution is 5.90. The van der Waals surface area contributed by atoms with E-state index in [4.69, 9.17) is 18.6 Å². The first-order valence-electron chi connectivity index (χ1n) is 15.1. The van der Waals surface area contributed by atoms with Crippen LogP contribution < -0.4 is 25.7 Å². The van der Waals surface area contributed by atoms with Crippen LogP contribution in [-0.4, -0.2) is 51.7 Å². The highest BCUT2D eigenvalue weighted by atomic mass is 16.5. The van der Waals surface area contributed by atoms with E-state index in [1.165, 1.54) is 21.9 Å². The number of aromatic nitrogens is 2. The molecule has 2 N–H and O–H groups in total. The van der Waals surface area contributed by atoms with E-state index in [2.05, 4.69) is 16.0 Å². The molecule has 2 aromatic carbocycles. The number of aliphatic hydroxyl groups is 2. The van der Waals surface area contributed by atoms with Crippen LogP contribution in [0.25, 0.3) is 11.0 Å². The average molecular weight is 602 g/mol. The van der Waals surface area contributed by atoms with Crippen LogP contribution >= 0.6 is 0 Å². The van der Waals surface area contributed by atoms with E-state index in [0.717, 1.165) is 60.8 Å². The number of ether oxygens (including phenoxy) is 3. The van der Waals surface area contributed by atoms with Crippen molar-refractivity contribution in [2.75, 3.05) is 24.6 Å². The van der Waals surface area contributed by atoms with Crippen molar-refractivity contribution in [3.05, 3.63) is 91.3 Å². The van der Waals surface area contributed by atoms with E-state index < -0.39 is 24.1 Å². The van der Waals surface area contributed by atoms with Crippen LogP contribution in [0.15, 0.2) is 56.6 Å². The summed E-state index contributed by atoms with van der Waals surface area (Å²) < 4.78 is 24.6. The third-order valence-electron chi connectivity index (χ3n) is 8.79. The number of fused-ring (bicyclic) bond motifs is 2. The molecule has 0 amide bonds. The molecule has 11 nitrogen and oxygen atoms in total. The van der Waals surface area contributed by atoms with Gasteiger partial charge in [0.05, 0.1) is 12.7 Å². The van der Waals surface area contributed by atoms with Gasteiger partial charge in [-0.1, -0.05) is 12.1 Å². The number of anilines is 1. The van der Waals surface area contributed by atoms with Gasteiger partial charge in [0.1, 0.15) is 36.9 Å². The van der Waals surface area contributed by atoms with Gasteiger partial charge in [0.15, 0.2) is 0 Å². The van der Waals surface area contributed by atoms with E-state index in [-0.39, 0.29) is 37.7 Å². The number of aryl methyl sites for hydroxylation is 3. The van der Waals surface area contributed by atoms with Gasteiger partial charge in [0.25, 0.3) is 0 Å². The van der Waals surface area contributed by atoms with E-state index in [0.29, 0.717) is 16.9 Å². The summed E-state index contributed by atoms with van der Waals surface area (Å²) in [6, 6.07) is 11.1. The smallest absolute Gasteiger partial charge is 0.352 e. The quantitative estimate of drug-likeness (QED) is 0.290. The third kappa shape index (κ3) is 5.36. The van der Waals surface area contributed by atoms with Crippen molar-refractivity contribution in [3.63, 3.8) is 0 Å². The average Bonchev–Trinajstić information content (AvgIpc) is 3.41. The molecule has 3 atom stereocenters. The zero-order valence-corrected chi connectivity index (χ0v) is 24.5. The Bertz CT molecular complexity index is 1810. The van der Waals surface area contributed by atoms with Crippen molar-refractivity contribution >= 4 is 16.7 Å². The van der Waals surface area contributed by atoms with E-state index in [1.54, 1.807) is 13.1 Å². The lowest BCUT2D eigenvalue weighted by Crippen LogP contribution is -2.34. The molecule has 5 heterocycles. The monoisotopic (exact) mass is 601 g/mol. The Hall–Kier alpha value is -4.19. The summed E-state index contributed by atoms with van der Waals surface area (Å²) in [6.45, 7) is 3.98. The second-order valence-corrected chi connectivity index (χ2v) is 11.8. The second-order valence-electron chi connectivity index (χ2n) is 11.8. The zero-order valence-electron chi connectivity index (χ0n) is 24.5. The number of hydrogen-bond donors (Lipinski definition) is 2. The maximum absolute atomic E-state index is 12.7. The SMILES string of the molecule is Cc1cn([C@H]2C[C@H](O)[C@@H](CO)O2)c(=O)nc1OCc1ccc(OCc2cc(=O)oc3c4c5c(cc23)CCCN5CCC4)cc1. The Morgan fingerprint density at radius 2 is 1.84 bits per heavy atom. The molecule has 0 spiro atoms. The highest BCUT2D eigenvalue weighted by Crippen LogP contribution is 2.40. The molecule has 0 bridgehead atoms. The number of benzene rings is 2. The fourth-order valence-corrected chi connectivity index (χ4v) is 6.60. The van der Waals surface area contributed by atoms with Crippen LogP contribution in [0.1, 0.15) is 53.3 Å². The molecule has 7 rings (SSSR count). The van der Waals surface area contributed by atoms with Crippen molar-refractivity contribution < 1.29 is 28.8 Å². The molecule has 3 aliphatic rings. The fraction of sp³-hybridized carbons (Fsp3) is 0.424. The van der Waals surface area contributed by atoms with Crippen molar-refractivity contribution in [1.29, 1.82) is 0 Å². The van der Waals surface area contributed by atoms with Crippen LogP contribution in [0.3, 0.4) is 0 Å². The molecule has 0 saturated carbocycles. The predicted molar refractivity (Wildman–Crippen MR) is 161 cm³/mol. The Morgan fingerprint density at radius 3 is 2.61 bits per heavy atom. The first kappa shape index (κ1) is 28.6. The number of aliphatic hydroxyl groups excluding tert-OH is 2. The minimum atomic E-state index is -0.851. The van der Waals surface area contributed by atoms with Gasteiger partial charge in [-0.05, 0) is 61.9 Å². The summed E-state index contributed by atoms with van der Waals surface area (Å²) in [5, 5.41) is 20.3. The van der Waals surface area contributed by atoms with Crippen molar-refractivity contribution in [2.24, 2.45) is 0 Å². The van der Waals surface area contributed by atoms with E-state index >= 15 is 0 Å². The molecule has 4 aromatic rings. The summed E-state index contributed by atoms with van der Waals surface area (Å²) in [5.41, 5.74) is 5.80. The standard InChI is InChI=1S/C33H35N3O8/c1-19-15-36(28-14-26(38)27(16-37)43-28)33(40)34-32(19)42-17-20-6-8-23(9-7-20)41-18-22-13-29(39)44-31-24-5-3-11-35-10-2-4-21(30(24)35)12-25(22)31/h6-9,12-13,15,26-28,37-38H,2-5,10-11,14,16-18H2,1H3/t26-,27+,28+/m0/s1. The molecular formula is C33H35N3O8. The summed E-state index contributed by atoms with van der Waals surface area (Å²) in [5.74, 6) is 0.861. The van der Waals surface area contributed by atoms with Gasteiger partial charge in [-0.25, -0.2) is 9.59 Å².